The first-order valence-electron chi connectivity index (χ1n) is 8.87. The van der Waals surface area contributed by atoms with E-state index in [1.54, 1.807) is 37.3 Å². The predicted octanol–water partition coefficient (Wildman–Crippen LogP) is 5.09. The van der Waals surface area contributed by atoms with E-state index in [1.165, 1.54) is 22.5 Å². The van der Waals surface area contributed by atoms with Gasteiger partial charge in [0.25, 0.3) is 15.9 Å². The fourth-order valence-electron chi connectivity index (χ4n) is 2.85. The monoisotopic (exact) mass is 450 g/mol. The van der Waals surface area contributed by atoms with Gasteiger partial charge in [-0.15, -0.1) is 0 Å². The number of para-hydroxylation sites is 1. The van der Waals surface area contributed by atoms with Crippen LogP contribution in [0.15, 0.2) is 71.6 Å². The Morgan fingerprint density at radius 2 is 1.73 bits per heavy atom. The molecule has 3 aromatic rings. The normalized spacial score (nSPS) is 11.2. The second-order valence-corrected chi connectivity index (χ2v) is 8.47. The Balaban J connectivity index is 1.97. The fraction of sp³-hybridized carbons (Fsp3) is 0.0952. The third kappa shape index (κ3) is 4.44. The predicted molar refractivity (Wildman–Crippen MR) is 112 cm³/mol. The summed E-state index contributed by atoms with van der Waals surface area (Å²) in [4.78, 5) is 12.1. The fourth-order valence-corrected chi connectivity index (χ4v) is 4.83. The van der Waals surface area contributed by atoms with Crippen LogP contribution in [-0.4, -0.2) is 20.9 Å². The second-order valence-electron chi connectivity index (χ2n) is 6.23. The van der Waals surface area contributed by atoms with E-state index in [2.05, 4.69) is 5.32 Å². The molecule has 0 saturated heterocycles. The quantitative estimate of drug-likeness (QED) is 0.569. The molecule has 0 aromatic heterocycles. The lowest BCUT2D eigenvalue weighted by molar-refractivity contribution is 0.102. The summed E-state index contributed by atoms with van der Waals surface area (Å²) in [6.45, 7) is 1.82. The minimum Gasteiger partial charge on any atom is -0.322 e. The molecule has 156 valence electrons. The van der Waals surface area contributed by atoms with Crippen LogP contribution in [0.1, 0.15) is 17.3 Å². The van der Waals surface area contributed by atoms with Crippen LogP contribution in [-0.2, 0) is 10.0 Å². The number of nitrogens with zero attached hydrogens (tertiary/aromatic N) is 1. The summed E-state index contributed by atoms with van der Waals surface area (Å²) in [5, 5.41) is 2.33. The van der Waals surface area contributed by atoms with E-state index in [0.29, 0.717) is 5.69 Å². The van der Waals surface area contributed by atoms with Crippen LogP contribution in [0.5, 0.6) is 0 Å². The van der Waals surface area contributed by atoms with Gasteiger partial charge in [0, 0.05) is 12.2 Å². The molecule has 3 aromatic carbocycles. The van der Waals surface area contributed by atoms with Crippen LogP contribution in [0.4, 0.5) is 20.2 Å². The maximum absolute atomic E-state index is 13.8. The van der Waals surface area contributed by atoms with Gasteiger partial charge in [-0.1, -0.05) is 29.8 Å². The van der Waals surface area contributed by atoms with Crippen molar-refractivity contribution in [3.63, 3.8) is 0 Å². The first kappa shape index (κ1) is 21.7. The van der Waals surface area contributed by atoms with Gasteiger partial charge in [-0.25, -0.2) is 17.2 Å². The van der Waals surface area contributed by atoms with Crippen molar-refractivity contribution in [1.29, 1.82) is 0 Å². The molecule has 0 fully saturated rings. The van der Waals surface area contributed by atoms with Crippen molar-refractivity contribution in [2.45, 2.75) is 11.8 Å². The van der Waals surface area contributed by atoms with Gasteiger partial charge in [-0.2, -0.15) is 0 Å². The highest BCUT2D eigenvalue weighted by molar-refractivity contribution is 7.93. The van der Waals surface area contributed by atoms with Crippen molar-refractivity contribution in [1.82, 2.24) is 0 Å². The number of carbonyl (C=O) groups excluding carboxylic acids is 1. The Kier molecular flexibility index (Phi) is 6.38. The Morgan fingerprint density at radius 1 is 1.03 bits per heavy atom. The Labute approximate surface area is 178 Å². The van der Waals surface area contributed by atoms with Gasteiger partial charge in [0.1, 0.15) is 16.5 Å². The number of hydrogen-bond acceptors (Lipinski definition) is 3. The molecule has 1 amide bonds. The first-order chi connectivity index (χ1) is 14.2. The zero-order valence-corrected chi connectivity index (χ0v) is 17.3. The molecule has 5 nitrogen and oxygen atoms in total. The number of anilines is 2. The van der Waals surface area contributed by atoms with Gasteiger partial charge in [-0.05, 0) is 55.5 Å². The molecule has 0 aliphatic carbocycles. The average molecular weight is 451 g/mol. The SMILES string of the molecule is CCN(c1ccccc1)S(=O)(=O)c1cc(NC(=O)c2cc(F)ccc2F)ccc1Cl. The van der Waals surface area contributed by atoms with E-state index >= 15 is 0 Å². The number of halogens is 3. The van der Waals surface area contributed by atoms with Crippen LogP contribution in [0.2, 0.25) is 5.02 Å². The zero-order chi connectivity index (χ0) is 21.9. The zero-order valence-electron chi connectivity index (χ0n) is 15.8. The Hall–Kier alpha value is -2.97. The summed E-state index contributed by atoms with van der Waals surface area (Å²) in [5.41, 5.74) is 0.0110. The summed E-state index contributed by atoms with van der Waals surface area (Å²) >= 11 is 6.14. The lowest BCUT2D eigenvalue weighted by Gasteiger charge is -2.23. The summed E-state index contributed by atoms with van der Waals surface area (Å²) in [5.74, 6) is -2.60. The van der Waals surface area contributed by atoms with E-state index < -0.39 is 33.1 Å². The van der Waals surface area contributed by atoms with Crippen molar-refractivity contribution in [3.8, 4) is 0 Å². The smallest absolute Gasteiger partial charge is 0.265 e. The number of carbonyl (C=O) groups is 1. The molecular weight excluding hydrogens is 434 g/mol. The number of sulfonamides is 1. The molecule has 9 heteroatoms. The summed E-state index contributed by atoms with van der Waals surface area (Å²) in [6, 6.07) is 14.8. The molecule has 0 radical (unpaired) electrons. The topological polar surface area (TPSA) is 66.5 Å². The summed E-state index contributed by atoms with van der Waals surface area (Å²) in [7, 11) is -4.06. The second kappa shape index (κ2) is 8.81. The van der Waals surface area contributed by atoms with Gasteiger partial charge in [0.2, 0.25) is 0 Å². The van der Waals surface area contributed by atoms with Crippen molar-refractivity contribution < 1.29 is 22.0 Å². The van der Waals surface area contributed by atoms with Gasteiger partial charge >= 0.3 is 0 Å². The molecule has 30 heavy (non-hydrogen) atoms. The number of benzene rings is 3. The van der Waals surface area contributed by atoms with E-state index in [-0.39, 0.29) is 22.2 Å². The van der Waals surface area contributed by atoms with E-state index in [0.717, 1.165) is 18.2 Å². The number of rotatable bonds is 6. The van der Waals surface area contributed by atoms with E-state index in [4.69, 9.17) is 11.6 Å². The molecule has 0 atom stereocenters. The molecule has 0 unspecified atom stereocenters. The highest BCUT2D eigenvalue weighted by Gasteiger charge is 2.27. The van der Waals surface area contributed by atoms with Crippen LogP contribution in [0, 0.1) is 11.6 Å². The van der Waals surface area contributed by atoms with Crippen molar-refractivity contribution >= 4 is 38.9 Å². The Morgan fingerprint density at radius 3 is 2.40 bits per heavy atom. The van der Waals surface area contributed by atoms with Crippen LogP contribution in [0.3, 0.4) is 0 Å². The number of hydrogen-bond donors (Lipinski definition) is 1. The number of nitrogens with one attached hydrogen (secondary N) is 1. The van der Waals surface area contributed by atoms with Crippen LogP contribution < -0.4 is 9.62 Å². The molecule has 0 heterocycles. The van der Waals surface area contributed by atoms with Gasteiger partial charge in [-0.3, -0.25) is 9.10 Å². The highest BCUT2D eigenvalue weighted by atomic mass is 35.5. The van der Waals surface area contributed by atoms with Crippen molar-refractivity contribution in [2.24, 2.45) is 0 Å². The maximum atomic E-state index is 13.8. The van der Waals surface area contributed by atoms with Crippen LogP contribution >= 0.6 is 11.6 Å². The standard InChI is InChI=1S/C21H17ClF2N2O3S/c1-2-26(16-6-4-3-5-7-16)30(28,29)20-13-15(9-10-18(20)22)25-21(27)17-12-14(23)8-11-19(17)24/h3-13H,2H2,1H3,(H,25,27). The summed E-state index contributed by atoms with van der Waals surface area (Å²) in [6.07, 6.45) is 0. The highest BCUT2D eigenvalue weighted by Crippen LogP contribution is 2.30. The molecule has 3 rings (SSSR count). The van der Waals surface area contributed by atoms with Crippen molar-refractivity contribution in [2.75, 3.05) is 16.2 Å². The first-order valence-corrected chi connectivity index (χ1v) is 10.7. The molecule has 0 saturated carbocycles. The van der Waals surface area contributed by atoms with Gasteiger partial charge in [0.15, 0.2) is 0 Å². The molecule has 1 N–H and O–H groups in total. The molecular formula is C21H17ClF2N2O3S. The molecule has 0 bridgehead atoms. The van der Waals surface area contributed by atoms with Gasteiger partial charge < -0.3 is 5.32 Å². The lowest BCUT2D eigenvalue weighted by atomic mass is 10.2. The summed E-state index contributed by atoms with van der Waals surface area (Å²) < 4.78 is 54.8. The van der Waals surface area contributed by atoms with Crippen molar-refractivity contribution in [3.05, 3.63) is 89.0 Å². The van der Waals surface area contributed by atoms with E-state index in [9.17, 15) is 22.0 Å². The Bertz CT molecular complexity index is 1190. The minimum absolute atomic E-state index is 0.0423. The molecule has 0 aliphatic rings. The van der Waals surface area contributed by atoms with Crippen LogP contribution in [0.25, 0.3) is 0 Å². The molecule has 0 spiro atoms. The average Bonchev–Trinajstić information content (AvgIpc) is 2.72. The largest absolute Gasteiger partial charge is 0.322 e. The third-order valence-corrected chi connectivity index (χ3v) is 6.65. The van der Waals surface area contributed by atoms with E-state index in [1.807, 2.05) is 0 Å². The minimum atomic E-state index is -4.06. The third-order valence-electron chi connectivity index (χ3n) is 4.26. The van der Waals surface area contributed by atoms with Gasteiger partial charge in [0.05, 0.1) is 16.3 Å². The molecule has 0 aliphatic heterocycles. The lowest BCUT2D eigenvalue weighted by Crippen LogP contribution is -2.31. The number of amides is 1. The maximum Gasteiger partial charge on any atom is 0.265 e.